The van der Waals surface area contributed by atoms with E-state index in [0.717, 1.165) is 22.4 Å². The van der Waals surface area contributed by atoms with E-state index in [0.29, 0.717) is 17.9 Å². The molecule has 1 aliphatic rings. The molecule has 3 aromatic carbocycles. The number of aliphatic imine (C=N–C) groups is 1. The Kier molecular flexibility index (Phi) is 4.52. The summed E-state index contributed by atoms with van der Waals surface area (Å²) in [6.45, 7) is 0.458. The fourth-order valence-electron chi connectivity index (χ4n) is 3.26. The second-order valence-electron chi connectivity index (χ2n) is 6.39. The molecule has 0 saturated carbocycles. The number of benzene rings is 3. The van der Waals surface area contributed by atoms with Crippen LogP contribution in [0.4, 0.5) is 15.8 Å². The highest BCUT2D eigenvalue weighted by Gasteiger charge is 2.35. The maximum Gasteiger partial charge on any atom is 0.238 e. The minimum absolute atomic E-state index is 0.211. The van der Waals surface area contributed by atoms with Gasteiger partial charge in [0.2, 0.25) is 5.91 Å². The highest BCUT2D eigenvalue weighted by atomic mass is 19.1. The van der Waals surface area contributed by atoms with Gasteiger partial charge in [-0.3, -0.25) is 9.79 Å². The van der Waals surface area contributed by atoms with Gasteiger partial charge in [0.15, 0.2) is 0 Å². The average Bonchev–Trinajstić information content (AvgIpc) is 3.02. The molecule has 4 rings (SSSR count). The molecule has 0 spiro atoms. The van der Waals surface area contributed by atoms with Crippen LogP contribution in [0.15, 0.2) is 77.8 Å². The van der Waals surface area contributed by atoms with Gasteiger partial charge in [-0.05, 0) is 41.0 Å². The SMILES string of the molecule is NCc1ccc(N=C(c2ccccc2)C2C(=O)Nc3cc(F)ccc32)cc1. The molecule has 27 heavy (non-hydrogen) atoms. The first kappa shape index (κ1) is 17.1. The predicted molar refractivity (Wildman–Crippen MR) is 105 cm³/mol. The number of anilines is 1. The van der Waals surface area contributed by atoms with E-state index >= 15 is 0 Å². The Hall–Kier alpha value is -3.31. The van der Waals surface area contributed by atoms with Crippen LogP contribution >= 0.6 is 0 Å². The van der Waals surface area contributed by atoms with Crippen molar-refractivity contribution in [1.29, 1.82) is 0 Å². The van der Waals surface area contributed by atoms with Crippen molar-refractivity contribution in [3.8, 4) is 0 Å². The summed E-state index contributed by atoms with van der Waals surface area (Å²) in [5.74, 6) is -1.20. The molecule has 1 unspecified atom stereocenters. The molecule has 0 aromatic heterocycles. The van der Waals surface area contributed by atoms with Crippen molar-refractivity contribution in [2.45, 2.75) is 12.5 Å². The van der Waals surface area contributed by atoms with Gasteiger partial charge >= 0.3 is 0 Å². The number of fused-ring (bicyclic) bond motifs is 1. The molecule has 3 N–H and O–H groups in total. The predicted octanol–water partition coefficient (Wildman–Crippen LogP) is 4.14. The van der Waals surface area contributed by atoms with E-state index in [1.165, 1.54) is 12.1 Å². The molecule has 0 aliphatic carbocycles. The largest absolute Gasteiger partial charge is 0.326 e. The highest BCUT2D eigenvalue weighted by Crippen LogP contribution is 2.36. The van der Waals surface area contributed by atoms with Gasteiger partial charge in [-0.25, -0.2) is 4.39 Å². The van der Waals surface area contributed by atoms with Crippen LogP contribution in [0.3, 0.4) is 0 Å². The molecular weight excluding hydrogens is 341 g/mol. The van der Waals surface area contributed by atoms with E-state index in [-0.39, 0.29) is 11.7 Å². The first-order chi connectivity index (χ1) is 13.2. The number of rotatable bonds is 4. The van der Waals surface area contributed by atoms with E-state index in [4.69, 9.17) is 10.7 Å². The maximum absolute atomic E-state index is 13.6. The summed E-state index contributed by atoms with van der Waals surface area (Å²) < 4.78 is 13.6. The standard InChI is InChI=1S/C22H18FN3O/c23-16-8-11-18-19(12-16)26-22(27)20(18)21(15-4-2-1-3-5-15)25-17-9-6-14(13-24)7-10-17/h1-12,20H,13,24H2,(H,26,27). The molecule has 0 radical (unpaired) electrons. The summed E-state index contributed by atoms with van der Waals surface area (Å²) in [7, 11) is 0. The summed E-state index contributed by atoms with van der Waals surface area (Å²) in [4.78, 5) is 17.5. The van der Waals surface area contributed by atoms with Crippen LogP contribution in [0.25, 0.3) is 0 Å². The van der Waals surface area contributed by atoms with Gasteiger partial charge < -0.3 is 11.1 Å². The Morgan fingerprint density at radius 1 is 1.04 bits per heavy atom. The summed E-state index contributed by atoms with van der Waals surface area (Å²) in [6, 6.07) is 21.5. The summed E-state index contributed by atoms with van der Waals surface area (Å²) >= 11 is 0. The van der Waals surface area contributed by atoms with E-state index in [1.54, 1.807) is 6.07 Å². The third-order valence-electron chi connectivity index (χ3n) is 4.61. The van der Waals surface area contributed by atoms with Gasteiger partial charge in [0, 0.05) is 12.2 Å². The molecule has 1 amide bonds. The number of hydrogen-bond donors (Lipinski definition) is 2. The number of nitrogens with zero attached hydrogens (tertiary/aromatic N) is 1. The van der Waals surface area contributed by atoms with Crippen LogP contribution in [0, 0.1) is 5.82 Å². The normalized spacial score (nSPS) is 16.1. The molecule has 0 saturated heterocycles. The number of carbonyl (C=O) groups excluding carboxylic acids is 1. The smallest absolute Gasteiger partial charge is 0.238 e. The van der Waals surface area contributed by atoms with Crippen LogP contribution in [0.5, 0.6) is 0 Å². The van der Waals surface area contributed by atoms with E-state index in [9.17, 15) is 9.18 Å². The lowest BCUT2D eigenvalue weighted by atomic mass is 9.90. The average molecular weight is 359 g/mol. The lowest BCUT2D eigenvalue weighted by molar-refractivity contribution is -0.115. The minimum Gasteiger partial charge on any atom is -0.326 e. The van der Waals surface area contributed by atoms with Gasteiger partial charge in [0.05, 0.1) is 11.4 Å². The Bertz CT molecular complexity index is 1010. The first-order valence-electron chi connectivity index (χ1n) is 8.69. The molecule has 1 aliphatic heterocycles. The number of amides is 1. The first-order valence-corrected chi connectivity index (χ1v) is 8.69. The highest BCUT2D eigenvalue weighted by molar-refractivity contribution is 6.24. The Balaban J connectivity index is 1.84. The number of nitrogens with one attached hydrogen (secondary N) is 1. The fourth-order valence-corrected chi connectivity index (χ4v) is 3.26. The molecule has 1 atom stereocenters. The van der Waals surface area contributed by atoms with Crippen molar-refractivity contribution in [3.05, 3.63) is 95.3 Å². The van der Waals surface area contributed by atoms with Gasteiger partial charge in [-0.1, -0.05) is 48.5 Å². The second-order valence-corrected chi connectivity index (χ2v) is 6.39. The molecule has 1 heterocycles. The third kappa shape index (κ3) is 3.37. The zero-order valence-corrected chi connectivity index (χ0v) is 14.5. The molecule has 4 nitrogen and oxygen atoms in total. The third-order valence-corrected chi connectivity index (χ3v) is 4.61. The number of carbonyl (C=O) groups is 1. The lowest BCUT2D eigenvalue weighted by Gasteiger charge is -2.14. The second kappa shape index (κ2) is 7.13. The van der Waals surface area contributed by atoms with Gasteiger partial charge in [-0.15, -0.1) is 0 Å². The zero-order valence-electron chi connectivity index (χ0n) is 14.5. The Morgan fingerprint density at radius 2 is 1.78 bits per heavy atom. The summed E-state index contributed by atoms with van der Waals surface area (Å²) in [5, 5.41) is 2.77. The quantitative estimate of drug-likeness (QED) is 0.688. The zero-order chi connectivity index (χ0) is 18.8. The summed E-state index contributed by atoms with van der Waals surface area (Å²) in [6.07, 6.45) is 0. The lowest BCUT2D eigenvalue weighted by Crippen LogP contribution is -2.21. The summed E-state index contributed by atoms with van der Waals surface area (Å²) in [5.41, 5.74) is 10.1. The molecular formula is C22H18FN3O. The van der Waals surface area contributed by atoms with Crippen LogP contribution < -0.4 is 11.1 Å². The molecule has 134 valence electrons. The van der Waals surface area contributed by atoms with Crippen molar-refractivity contribution in [1.82, 2.24) is 0 Å². The molecule has 0 fully saturated rings. The minimum atomic E-state index is -0.600. The van der Waals surface area contributed by atoms with Crippen molar-refractivity contribution < 1.29 is 9.18 Å². The van der Waals surface area contributed by atoms with Gasteiger partial charge in [0.25, 0.3) is 0 Å². The topological polar surface area (TPSA) is 67.5 Å². The monoisotopic (exact) mass is 359 g/mol. The van der Waals surface area contributed by atoms with Crippen LogP contribution in [0.2, 0.25) is 0 Å². The number of hydrogen-bond acceptors (Lipinski definition) is 3. The van der Waals surface area contributed by atoms with Crippen molar-refractivity contribution in [2.75, 3.05) is 5.32 Å². The number of halogens is 1. The van der Waals surface area contributed by atoms with Crippen LogP contribution in [-0.2, 0) is 11.3 Å². The molecule has 0 bridgehead atoms. The number of nitrogens with two attached hydrogens (primary N) is 1. The molecule has 3 aromatic rings. The van der Waals surface area contributed by atoms with E-state index < -0.39 is 5.92 Å². The van der Waals surface area contributed by atoms with E-state index in [1.807, 2.05) is 54.6 Å². The van der Waals surface area contributed by atoms with Gasteiger partial charge in [-0.2, -0.15) is 0 Å². The van der Waals surface area contributed by atoms with Crippen molar-refractivity contribution >= 4 is 23.0 Å². The van der Waals surface area contributed by atoms with Crippen LogP contribution in [0.1, 0.15) is 22.6 Å². The van der Waals surface area contributed by atoms with Crippen molar-refractivity contribution in [3.63, 3.8) is 0 Å². The van der Waals surface area contributed by atoms with Crippen LogP contribution in [-0.4, -0.2) is 11.6 Å². The van der Waals surface area contributed by atoms with Gasteiger partial charge in [0.1, 0.15) is 11.7 Å². The van der Waals surface area contributed by atoms with E-state index in [2.05, 4.69) is 5.32 Å². The maximum atomic E-state index is 13.6. The Morgan fingerprint density at radius 3 is 2.48 bits per heavy atom. The fraction of sp³-hybridized carbons (Fsp3) is 0.0909. The van der Waals surface area contributed by atoms with Crippen molar-refractivity contribution in [2.24, 2.45) is 10.7 Å². The Labute approximate surface area is 156 Å². The molecule has 5 heteroatoms.